The number of hydrogen-bond acceptors (Lipinski definition) is 4. The normalized spacial score (nSPS) is 10.5. The Morgan fingerprint density at radius 1 is 1.00 bits per heavy atom. The van der Waals surface area contributed by atoms with E-state index in [4.69, 9.17) is 22.4 Å². The van der Waals surface area contributed by atoms with E-state index in [9.17, 15) is 14.4 Å². The number of nitrogen functional groups attached to an aromatic ring is 1. The van der Waals surface area contributed by atoms with E-state index in [1.807, 2.05) is 0 Å². The lowest BCUT2D eigenvalue weighted by atomic mass is 10.1. The van der Waals surface area contributed by atoms with E-state index in [1.54, 1.807) is 24.3 Å². The van der Waals surface area contributed by atoms with E-state index in [0.29, 0.717) is 5.02 Å². The number of anilines is 1. The average Bonchev–Trinajstić information content (AvgIpc) is 3.02. The van der Waals surface area contributed by atoms with Crippen molar-refractivity contribution in [2.45, 2.75) is 0 Å². The number of aromatic nitrogens is 1. The maximum Gasteiger partial charge on any atom is 0.335 e. The fourth-order valence-corrected chi connectivity index (χ4v) is 2.56. The number of fused-ring (bicyclic) bond motifs is 1. The van der Waals surface area contributed by atoms with Gasteiger partial charge in [0, 0.05) is 21.6 Å². The number of carboxylic acid groups (broad SMARTS) is 1. The Bertz CT molecular complexity index is 1040. The van der Waals surface area contributed by atoms with Gasteiger partial charge in [-0.2, -0.15) is 0 Å². The number of nitrogens with two attached hydrogens (primary N) is 1. The molecule has 0 bridgehead atoms. The third-order valence-electron chi connectivity index (χ3n) is 3.66. The number of amides is 2. The smallest absolute Gasteiger partial charge is 0.335 e. The zero-order valence-electron chi connectivity index (χ0n) is 13.2. The van der Waals surface area contributed by atoms with Crippen LogP contribution in [0, 0.1) is 0 Å². The topological polar surface area (TPSA) is 137 Å². The van der Waals surface area contributed by atoms with Crippen LogP contribution in [0.2, 0.25) is 5.02 Å². The van der Waals surface area contributed by atoms with Crippen molar-refractivity contribution in [3.05, 3.63) is 64.3 Å². The van der Waals surface area contributed by atoms with E-state index in [0.717, 1.165) is 10.9 Å². The minimum atomic E-state index is -1.16. The van der Waals surface area contributed by atoms with Gasteiger partial charge in [0.05, 0.1) is 11.1 Å². The van der Waals surface area contributed by atoms with Crippen LogP contribution in [0.1, 0.15) is 31.2 Å². The van der Waals surface area contributed by atoms with Crippen LogP contribution < -0.4 is 16.6 Å². The van der Waals surface area contributed by atoms with Crippen LogP contribution in [0.4, 0.5) is 5.69 Å². The summed E-state index contributed by atoms with van der Waals surface area (Å²) in [5.74, 6) is -2.39. The van der Waals surface area contributed by atoms with Gasteiger partial charge in [-0.1, -0.05) is 11.6 Å². The van der Waals surface area contributed by atoms with Crippen molar-refractivity contribution < 1.29 is 19.5 Å². The SMILES string of the molecule is Nc1cc(C(=O)O)ccc1C(=O)NNC(=O)c1cc2cc(Cl)ccc2[nH]1. The quantitative estimate of drug-likeness (QED) is 0.354. The summed E-state index contributed by atoms with van der Waals surface area (Å²) in [7, 11) is 0. The Kier molecular flexibility index (Phi) is 4.51. The van der Waals surface area contributed by atoms with Crippen molar-refractivity contribution >= 4 is 46.0 Å². The lowest BCUT2D eigenvalue weighted by molar-refractivity contribution is 0.0696. The molecule has 1 aromatic heterocycles. The van der Waals surface area contributed by atoms with Crippen LogP contribution in [-0.4, -0.2) is 27.9 Å². The average molecular weight is 373 g/mol. The molecular weight excluding hydrogens is 360 g/mol. The molecule has 0 atom stereocenters. The molecule has 2 amide bonds. The molecule has 3 rings (SSSR count). The highest BCUT2D eigenvalue weighted by atomic mass is 35.5. The number of rotatable bonds is 3. The van der Waals surface area contributed by atoms with Gasteiger partial charge in [-0.3, -0.25) is 20.4 Å². The second-order valence-electron chi connectivity index (χ2n) is 5.43. The Hall–Kier alpha value is -3.52. The zero-order chi connectivity index (χ0) is 18.8. The number of nitrogens with one attached hydrogen (secondary N) is 3. The number of carboxylic acids is 1. The second kappa shape index (κ2) is 6.77. The molecule has 0 aliphatic carbocycles. The summed E-state index contributed by atoms with van der Waals surface area (Å²) < 4.78 is 0. The first kappa shape index (κ1) is 17.3. The van der Waals surface area contributed by atoms with Gasteiger partial charge in [0.2, 0.25) is 0 Å². The molecule has 1 heterocycles. The number of H-pyrrole nitrogens is 1. The van der Waals surface area contributed by atoms with Crippen molar-refractivity contribution in [2.24, 2.45) is 0 Å². The van der Waals surface area contributed by atoms with Gasteiger partial charge in [0.1, 0.15) is 5.69 Å². The molecule has 132 valence electrons. The summed E-state index contributed by atoms with van der Waals surface area (Å²) in [6.07, 6.45) is 0. The van der Waals surface area contributed by atoms with E-state index in [-0.39, 0.29) is 22.5 Å². The highest BCUT2D eigenvalue weighted by molar-refractivity contribution is 6.31. The van der Waals surface area contributed by atoms with Crippen molar-refractivity contribution in [1.29, 1.82) is 0 Å². The standard InChI is InChI=1S/C17H13ClN4O4/c18-10-2-4-13-9(5-10)7-14(20-13)16(24)22-21-15(23)11-3-1-8(17(25)26)6-12(11)19/h1-7,20H,19H2,(H,21,23)(H,22,24)(H,25,26). The van der Waals surface area contributed by atoms with Gasteiger partial charge in [-0.05, 0) is 42.5 Å². The van der Waals surface area contributed by atoms with Gasteiger partial charge in [0.15, 0.2) is 0 Å². The molecular formula is C17H13ClN4O4. The van der Waals surface area contributed by atoms with E-state index in [2.05, 4.69) is 15.8 Å². The number of carbonyl (C=O) groups is 3. The molecule has 26 heavy (non-hydrogen) atoms. The summed E-state index contributed by atoms with van der Waals surface area (Å²) in [5, 5.41) is 10.2. The summed E-state index contributed by atoms with van der Waals surface area (Å²) in [5.41, 5.74) is 11.1. The van der Waals surface area contributed by atoms with Gasteiger partial charge in [0.25, 0.3) is 11.8 Å². The monoisotopic (exact) mass is 372 g/mol. The van der Waals surface area contributed by atoms with Crippen LogP contribution in [0.5, 0.6) is 0 Å². The van der Waals surface area contributed by atoms with Crippen molar-refractivity contribution in [3.8, 4) is 0 Å². The molecule has 2 aromatic carbocycles. The first-order valence-electron chi connectivity index (χ1n) is 7.37. The highest BCUT2D eigenvalue weighted by Crippen LogP contribution is 2.20. The highest BCUT2D eigenvalue weighted by Gasteiger charge is 2.15. The Morgan fingerprint density at radius 3 is 2.42 bits per heavy atom. The number of carbonyl (C=O) groups excluding carboxylic acids is 2. The number of aromatic amines is 1. The first-order valence-corrected chi connectivity index (χ1v) is 7.75. The number of hydrazine groups is 1. The second-order valence-corrected chi connectivity index (χ2v) is 5.87. The van der Waals surface area contributed by atoms with Crippen LogP contribution in [0.15, 0.2) is 42.5 Å². The minimum Gasteiger partial charge on any atom is -0.478 e. The van der Waals surface area contributed by atoms with Gasteiger partial charge >= 0.3 is 5.97 Å². The molecule has 9 heteroatoms. The maximum absolute atomic E-state index is 12.2. The predicted octanol–water partition coefficient (Wildman–Crippen LogP) is 2.18. The summed E-state index contributed by atoms with van der Waals surface area (Å²) >= 11 is 5.90. The van der Waals surface area contributed by atoms with Crippen molar-refractivity contribution in [3.63, 3.8) is 0 Å². The first-order chi connectivity index (χ1) is 12.3. The van der Waals surface area contributed by atoms with Gasteiger partial charge in [-0.25, -0.2) is 4.79 Å². The fraction of sp³-hybridized carbons (Fsp3) is 0. The molecule has 0 fully saturated rings. The molecule has 0 radical (unpaired) electrons. The summed E-state index contributed by atoms with van der Waals surface area (Å²) in [6.45, 7) is 0. The van der Waals surface area contributed by atoms with Crippen LogP contribution in [0.25, 0.3) is 10.9 Å². The predicted molar refractivity (Wildman–Crippen MR) is 96.1 cm³/mol. The fourth-order valence-electron chi connectivity index (χ4n) is 2.38. The molecule has 0 saturated carbocycles. The van der Waals surface area contributed by atoms with Crippen LogP contribution >= 0.6 is 11.6 Å². The van der Waals surface area contributed by atoms with E-state index < -0.39 is 17.8 Å². The van der Waals surface area contributed by atoms with Gasteiger partial charge in [-0.15, -0.1) is 0 Å². The summed E-state index contributed by atoms with van der Waals surface area (Å²) in [6, 6.07) is 10.4. The number of benzene rings is 2. The minimum absolute atomic E-state index is 0.0168. The third kappa shape index (κ3) is 3.45. The largest absolute Gasteiger partial charge is 0.478 e. The Morgan fingerprint density at radius 2 is 1.73 bits per heavy atom. The number of aromatic carboxylic acids is 1. The van der Waals surface area contributed by atoms with Crippen LogP contribution in [-0.2, 0) is 0 Å². The van der Waals surface area contributed by atoms with Crippen molar-refractivity contribution in [1.82, 2.24) is 15.8 Å². The lowest BCUT2D eigenvalue weighted by Crippen LogP contribution is -2.42. The molecule has 3 aromatic rings. The van der Waals surface area contributed by atoms with Crippen LogP contribution in [0.3, 0.4) is 0 Å². The number of halogens is 1. The van der Waals surface area contributed by atoms with E-state index in [1.165, 1.54) is 18.2 Å². The lowest BCUT2D eigenvalue weighted by Gasteiger charge is -2.09. The molecule has 8 nitrogen and oxygen atoms in total. The van der Waals surface area contributed by atoms with Gasteiger partial charge < -0.3 is 15.8 Å². The Labute approximate surface area is 151 Å². The molecule has 0 aliphatic rings. The van der Waals surface area contributed by atoms with Crippen molar-refractivity contribution in [2.75, 3.05) is 5.73 Å². The summed E-state index contributed by atoms with van der Waals surface area (Å²) in [4.78, 5) is 38.1. The molecule has 0 saturated heterocycles. The molecule has 6 N–H and O–H groups in total. The van der Waals surface area contributed by atoms with E-state index >= 15 is 0 Å². The number of hydrogen-bond donors (Lipinski definition) is 5. The third-order valence-corrected chi connectivity index (χ3v) is 3.90. The maximum atomic E-state index is 12.2. The molecule has 0 spiro atoms. The molecule has 0 unspecified atom stereocenters. The zero-order valence-corrected chi connectivity index (χ0v) is 13.9. The Balaban J connectivity index is 1.70. The molecule has 0 aliphatic heterocycles.